The van der Waals surface area contributed by atoms with Gasteiger partial charge in [-0.1, -0.05) is 43.3 Å². The molecule has 0 aliphatic carbocycles. The summed E-state index contributed by atoms with van der Waals surface area (Å²) in [6, 6.07) is 16.3. The number of hydrogen-bond acceptors (Lipinski definition) is 2. The van der Waals surface area contributed by atoms with Crippen molar-refractivity contribution < 1.29 is 4.74 Å². The molecule has 4 heteroatoms. The average molecular weight is 357 g/mol. The van der Waals surface area contributed by atoms with Crippen molar-refractivity contribution in [3.8, 4) is 17.1 Å². The van der Waals surface area contributed by atoms with Gasteiger partial charge in [0, 0.05) is 24.4 Å². The highest BCUT2D eigenvalue weighted by atomic mass is 16.5. The van der Waals surface area contributed by atoms with Crippen LogP contribution in [0.4, 0.5) is 0 Å². The summed E-state index contributed by atoms with van der Waals surface area (Å²) in [6.45, 7) is 2.67. The monoisotopic (exact) mass is 357 g/mol. The van der Waals surface area contributed by atoms with Crippen LogP contribution in [0.25, 0.3) is 11.4 Å². The molecule has 3 heterocycles. The number of allylic oxidation sites excluding steroid dienone is 3. The van der Waals surface area contributed by atoms with Gasteiger partial charge in [0.1, 0.15) is 12.4 Å². The van der Waals surface area contributed by atoms with Gasteiger partial charge in [-0.2, -0.15) is 0 Å². The first kappa shape index (κ1) is 17.2. The Morgan fingerprint density at radius 2 is 1.93 bits per heavy atom. The van der Waals surface area contributed by atoms with Crippen molar-refractivity contribution in [2.24, 2.45) is 4.99 Å². The van der Waals surface area contributed by atoms with E-state index >= 15 is 0 Å². The summed E-state index contributed by atoms with van der Waals surface area (Å²) in [5.74, 6) is 0.877. The topological polar surface area (TPSA) is 53.2 Å². The predicted molar refractivity (Wildman–Crippen MR) is 110 cm³/mol. The smallest absolute Gasteiger partial charge is 0.141 e. The Morgan fingerprint density at radius 3 is 2.67 bits per heavy atom. The minimum Gasteiger partial charge on any atom is -0.487 e. The van der Waals surface area contributed by atoms with Gasteiger partial charge in [-0.25, -0.2) is 0 Å². The van der Waals surface area contributed by atoms with E-state index in [2.05, 4.69) is 58.3 Å². The molecule has 0 atom stereocenters. The number of hydrogen-bond donors (Lipinski definition) is 2. The average Bonchev–Trinajstić information content (AvgIpc) is 3.46. The lowest BCUT2D eigenvalue weighted by atomic mass is 10.2. The molecule has 0 spiro atoms. The lowest BCUT2D eigenvalue weighted by Gasteiger charge is -2.06. The second-order valence-electron chi connectivity index (χ2n) is 6.51. The molecule has 1 aliphatic rings. The zero-order chi connectivity index (χ0) is 18.5. The SMILES string of the molecule is CCC1=NC(=CCc2[nH]c(-c3ccc[nH]3)cc2OCc2ccccc2)C=C1. The third-order valence-electron chi connectivity index (χ3n) is 4.58. The number of rotatable bonds is 7. The van der Waals surface area contributed by atoms with Crippen LogP contribution in [0.15, 0.2) is 83.6 Å². The zero-order valence-electron chi connectivity index (χ0n) is 15.4. The second kappa shape index (κ2) is 7.96. The molecule has 0 saturated heterocycles. The summed E-state index contributed by atoms with van der Waals surface area (Å²) in [4.78, 5) is 11.3. The van der Waals surface area contributed by atoms with E-state index in [1.807, 2.05) is 36.5 Å². The first-order chi connectivity index (χ1) is 13.3. The summed E-state index contributed by atoms with van der Waals surface area (Å²) < 4.78 is 6.13. The van der Waals surface area contributed by atoms with Crippen molar-refractivity contribution in [2.45, 2.75) is 26.4 Å². The molecule has 0 radical (unpaired) electrons. The largest absolute Gasteiger partial charge is 0.487 e. The lowest BCUT2D eigenvalue weighted by Crippen LogP contribution is -1.97. The molecule has 0 fully saturated rings. The van der Waals surface area contributed by atoms with Gasteiger partial charge in [-0.15, -0.1) is 0 Å². The Hall–Kier alpha value is -3.27. The molecule has 2 N–H and O–H groups in total. The van der Waals surface area contributed by atoms with E-state index in [1.165, 1.54) is 0 Å². The highest BCUT2D eigenvalue weighted by Crippen LogP contribution is 2.28. The van der Waals surface area contributed by atoms with Crippen molar-refractivity contribution in [1.82, 2.24) is 9.97 Å². The fourth-order valence-corrected chi connectivity index (χ4v) is 3.08. The van der Waals surface area contributed by atoms with Crippen molar-refractivity contribution >= 4 is 5.71 Å². The molecule has 4 nitrogen and oxygen atoms in total. The molecule has 136 valence electrons. The lowest BCUT2D eigenvalue weighted by molar-refractivity contribution is 0.304. The Labute approximate surface area is 159 Å². The summed E-state index contributed by atoms with van der Waals surface area (Å²) >= 11 is 0. The minimum atomic E-state index is 0.546. The quantitative estimate of drug-likeness (QED) is 0.581. The predicted octanol–water partition coefficient (Wildman–Crippen LogP) is 5.44. The molecular weight excluding hydrogens is 334 g/mol. The third-order valence-corrected chi connectivity index (χ3v) is 4.58. The highest BCUT2D eigenvalue weighted by Gasteiger charge is 2.12. The van der Waals surface area contributed by atoms with Crippen LogP contribution in [0, 0.1) is 0 Å². The standard InChI is InChI=1S/C23H23N3O/c1-2-18-10-11-19(25-18)12-13-21-23(27-16-17-7-4-3-5-8-17)15-22(26-21)20-9-6-14-24-20/h3-12,14-15,24,26H,2,13,16H2,1H3. The molecule has 0 amide bonds. The molecule has 2 aromatic heterocycles. The van der Waals surface area contributed by atoms with E-state index in [0.717, 1.165) is 52.6 Å². The Bertz CT molecular complexity index is 976. The molecule has 4 rings (SSSR count). The number of ether oxygens (including phenoxy) is 1. The molecule has 0 bridgehead atoms. The van der Waals surface area contributed by atoms with E-state index in [1.54, 1.807) is 0 Å². The number of nitrogens with one attached hydrogen (secondary N) is 2. The van der Waals surface area contributed by atoms with Gasteiger partial charge in [0.15, 0.2) is 0 Å². The van der Waals surface area contributed by atoms with Gasteiger partial charge in [-0.3, -0.25) is 4.99 Å². The van der Waals surface area contributed by atoms with Crippen LogP contribution in [0.5, 0.6) is 5.75 Å². The van der Waals surface area contributed by atoms with E-state index in [9.17, 15) is 0 Å². The van der Waals surface area contributed by atoms with E-state index in [4.69, 9.17) is 4.74 Å². The fourth-order valence-electron chi connectivity index (χ4n) is 3.08. The van der Waals surface area contributed by atoms with Gasteiger partial charge < -0.3 is 14.7 Å². The van der Waals surface area contributed by atoms with E-state index in [-0.39, 0.29) is 0 Å². The third kappa shape index (κ3) is 4.11. The number of H-pyrrole nitrogens is 2. The number of aliphatic imine (C=N–C) groups is 1. The summed E-state index contributed by atoms with van der Waals surface area (Å²) in [5.41, 5.74) is 6.41. The molecule has 27 heavy (non-hydrogen) atoms. The van der Waals surface area contributed by atoms with Crippen molar-refractivity contribution in [1.29, 1.82) is 0 Å². The number of aromatic amines is 2. The first-order valence-corrected chi connectivity index (χ1v) is 9.30. The number of aromatic nitrogens is 2. The first-order valence-electron chi connectivity index (χ1n) is 9.30. The molecule has 1 aliphatic heterocycles. The maximum absolute atomic E-state index is 6.13. The molecule has 0 unspecified atom stereocenters. The number of nitrogens with zero attached hydrogens (tertiary/aromatic N) is 1. The van der Waals surface area contributed by atoms with Gasteiger partial charge >= 0.3 is 0 Å². The van der Waals surface area contributed by atoms with Crippen LogP contribution in [0.3, 0.4) is 0 Å². The minimum absolute atomic E-state index is 0.546. The van der Waals surface area contributed by atoms with Gasteiger partial charge in [0.05, 0.1) is 22.8 Å². The molecule has 3 aromatic rings. The van der Waals surface area contributed by atoms with Crippen molar-refractivity contribution in [3.63, 3.8) is 0 Å². The van der Waals surface area contributed by atoms with Gasteiger partial charge in [-0.05, 0) is 36.3 Å². The van der Waals surface area contributed by atoms with E-state index in [0.29, 0.717) is 6.61 Å². The van der Waals surface area contributed by atoms with Gasteiger partial charge in [0.25, 0.3) is 0 Å². The Kier molecular flexibility index (Phi) is 5.06. The Morgan fingerprint density at radius 1 is 1.04 bits per heavy atom. The zero-order valence-corrected chi connectivity index (χ0v) is 15.4. The number of benzene rings is 1. The van der Waals surface area contributed by atoms with Crippen molar-refractivity contribution in [3.05, 3.63) is 89.9 Å². The molecular formula is C23H23N3O. The summed E-state index contributed by atoms with van der Waals surface area (Å²) in [6.07, 6.45) is 9.91. The maximum atomic E-state index is 6.13. The summed E-state index contributed by atoms with van der Waals surface area (Å²) in [5, 5.41) is 0. The normalized spacial score (nSPS) is 14.7. The highest BCUT2D eigenvalue weighted by molar-refractivity contribution is 5.98. The van der Waals surface area contributed by atoms with Crippen molar-refractivity contribution in [2.75, 3.05) is 0 Å². The van der Waals surface area contributed by atoms with Crippen LogP contribution in [0.1, 0.15) is 24.6 Å². The maximum Gasteiger partial charge on any atom is 0.141 e. The summed E-state index contributed by atoms with van der Waals surface area (Å²) in [7, 11) is 0. The molecule has 1 aromatic carbocycles. The van der Waals surface area contributed by atoms with E-state index < -0.39 is 0 Å². The molecule has 0 saturated carbocycles. The van der Waals surface area contributed by atoms with Gasteiger partial charge in [0.2, 0.25) is 0 Å². The second-order valence-corrected chi connectivity index (χ2v) is 6.51. The van der Waals surface area contributed by atoms with Crippen LogP contribution in [-0.4, -0.2) is 15.7 Å². The van der Waals surface area contributed by atoms with Crippen LogP contribution in [0.2, 0.25) is 0 Å². The Balaban J connectivity index is 1.56. The van der Waals surface area contributed by atoms with Crippen LogP contribution in [-0.2, 0) is 13.0 Å². The fraction of sp³-hybridized carbons (Fsp3) is 0.174. The van der Waals surface area contributed by atoms with Crippen LogP contribution >= 0.6 is 0 Å². The van der Waals surface area contributed by atoms with Crippen LogP contribution < -0.4 is 4.74 Å².